The molecule has 1 aliphatic rings. The van der Waals surface area contributed by atoms with Crippen molar-refractivity contribution < 1.29 is 29.3 Å². The van der Waals surface area contributed by atoms with Gasteiger partial charge in [0.1, 0.15) is 4.70 Å². The molecule has 0 radical (unpaired) electrons. The molecule has 0 bridgehead atoms. The molecule has 0 unspecified atom stereocenters. The number of rotatable bonds is 10. The maximum Gasteiger partial charge on any atom is 0.272 e. The highest BCUT2D eigenvalue weighted by molar-refractivity contribution is 7.99. The molecule has 3 heterocycles. The SMILES string of the molecule is O=C(CCCn1c(SCC(=O)c2ccc(O)c(O)c2)nc2ccsc2c1=O)NCc1ccc2c(c1)OCO2. The Morgan fingerprint density at radius 1 is 1.08 bits per heavy atom. The fourth-order valence-corrected chi connectivity index (χ4v) is 5.58. The molecule has 2 aromatic heterocycles. The predicted molar refractivity (Wildman–Crippen MR) is 142 cm³/mol. The van der Waals surface area contributed by atoms with Crippen LogP contribution in [0.3, 0.4) is 0 Å². The van der Waals surface area contributed by atoms with Crippen LogP contribution in [-0.2, 0) is 17.9 Å². The summed E-state index contributed by atoms with van der Waals surface area (Å²) in [4.78, 5) is 42.8. The summed E-state index contributed by atoms with van der Waals surface area (Å²) in [7, 11) is 0. The normalized spacial score (nSPS) is 12.1. The van der Waals surface area contributed by atoms with Gasteiger partial charge in [0.25, 0.3) is 5.56 Å². The van der Waals surface area contributed by atoms with Crippen molar-refractivity contribution in [3.63, 3.8) is 0 Å². The highest BCUT2D eigenvalue weighted by Crippen LogP contribution is 2.32. The van der Waals surface area contributed by atoms with Crippen molar-refractivity contribution in [2.75, 3.05) is 12.5 Å². The Labute approximate surface area is 224 Å². The van der Waals surface area contributed by atoms with Crippen LogP contribution in [0.5, 0.6) is 23.0 Å². The van der Waals surface area contributed by atoms with E-state index < -0.39 is 0 Å². The Balaban J connectivity index is 1.21. The van der Waals surface area contributed by atoms with Gasteiger partial charge in [-0.15, -0.1) is 11.3 Å². The van der Waals surface area contributed by atoms with Gasteiger partial charge in [0.15, 0.2) is 33.9 Å². The number of carbonyl (C=O) groups is 2. The quantitative estimate of drug-likeness (QED) is 0.116. The summed E-state index contributed by atoms with van der Waals surface area (Å²) < 4.78 is 12.7. The standard InChI is InChI=1S/C26H23N3O7S2/c30-18-5-4-16(11-19(18)31)20(32)13-38-26-28-17-7-9-37-24(17)25(34)29(26)8-1-2-23(33)27-12-15-3-6-21-22(10-15)36-14-35-21/h3-7,9-11,30-31H,1-2,8,12-14H2,(H,27,33). The van der Waals surface area contributed by atoms with Crippen LogP contribution >= 0.6 is 23.1 Å². The number of nitrogens with zero attached hydrogens (tertiary/aromatic N) is 2. The number of amides is 1. The van der Waals surface area contributed by atoms with Crippen molar-refractivity contribution in [1.29, 1.82) is 0 Å². The van der Waals surface area contributed by atoms with Gasteiger partial charge < -0.3 is 25.0 Å². The Hall–Kier alpha value is -4.03. The summed E-state index contributed by atoms with van der Waals surface area (Å²) in [5.41, 5.74) is 1.45. The van der Waals surface area contributed by atoms with Crippen LogP contribution in [-0.4, -0.2) is 44.0 Å². The molecule has 0 atom stereocenters. The van der Waals surface area contributed by atoms with Crippen LogP contribution < -0.4 is 20.3 Å². The number of thiophene rings is 1. The first-order valence-electron chi connectivity index (χ1n) is 11.7. The number of nitrogens with one attached hydrogen (secondary N) is 1. The zero-order valence-electron chi connectivity index (χ0n) is 20.0. The molecule has 1 aliphatic heterocycles. The van der Waals surface area contributed by atoms with E-state index in [1.54, 1.807) is 17.5 Å². The predicted octanol–water partition coefficient (Wildman–Crippen LogP) is 3.67. The van der Waals surface area contributed by atoms with Crippen molar-refractivity contribution in [3.05, 3.63) is 69.3 Å². The van der Waals surface area contributed by atoms with Crippen LogP contribution in [0.2, 0.25) is 0 Å². The molecule has 1 amide bonds. The van der Waals surface area contributed by atoms with Gasteiger partial charge in [0.2, 0.25) is 12.7 Å². The Morgan fingerprint density at radius 2 is 1.92 bits per heavy atom. The lowest BCUT2D eigenvalue weighted by Gasteiger charge is -2.12. The van der Waals surface area contributed by atoms with E-state index in [-0.39, 0.29) is 59.8 Å². The van der Waals surface area contributed by atoms with Gasteiger partial charge in [-0.2, -0.15) is 0 Å². The Kier molecular flexibility index (Phi) is 7.52. The minimum Gasteiger partial charge on any atom is -0.504 e. The third-order valence-electron chi connectivity index (χ3n) is 5.87. The fourth-order valence-electron chi connectivity index (χ4n) is 3.88. The van der Waals surface area contributed by atoms with Gasteiger partial charge in [-0.25, -0.2) is 4.98 Å². The zero-order valence-corrected chi connectivity index (χ0v) is 21.6. The Morgan fingerprint density at radius 3 is 2.76 bits per heavy atom. The topological polar surface area (TPSA) is 140 Å². The van der Waals surface area contributed by atoms with Gasteiger partial charge in [0.05, 0.1) is 11.3 Å². The van der Waals surface area contributed by atoms with E-state index in [0.717, 1.165) is 17.3 Å². The summed E-state index contributed by atoms with van der Waals surface area (Å²) >= 11 is 2.40. The monoisotopic (exact) mass is 553 g/mol. The van der Waals surface area contributed by atoms with Gasteiger partial charge in [0, 0.05) is 25.1 Å². The lowest BCUT2D eigenvalue weighted by atomic mass is 10.1. The first-order valence-corrected chi connectivity index (χ1v) is 13.6. The van der Waals surface area contributed by atoms with Gasteiger partial charge in [-0.05, 0) is 53.8 Å². The summed E-state index contributed by atoms with van der Waals surface area (Å²) in [6.45, 7) is 0.785. The number of Topliss-reactive ketones (excluding diaryl/α,β-unsaturated/α-hetero) is 1. The van der Waals surface area contributed by atoms with Crippen molar-refractivity contribution in [2.45, 2.75) is 31.1 Å². The fraction of sp³-hybridized carbons (Fsp3) is 0.231. The third kappa shape index (κ3) is 5.60. The molecule has 0 spiro atoms. The lowest BCUT2D eigenvalue weighted by molar-refractivity contribution is -0.121. The van der Waals surface area contributed by atoms with Crippen molar-refractivity contribution in [2.24, 2.45) is 0 Å². The maximum atomic E-state index is 13.1. The number of phenolic OH excluding ortho intramolecular Hbond substituents is 2. The molecule has 12 heteroatoms. The number of thioether (sulfide) groups is 1. The Bertz CT molecular complexity index is 1580. The lowest BCUT2D eigenvalue weighted by Crippen LogP contribution is -2.26. The molecule has 0 aliphatic carbocycles. The molecule has 3 N–H and O–H groups in total. The molecule has 4 aromatic rings. The number of phenols is 2. The smallest absolute Gasteiger partial charge is 0.272 e. The highest BCUT2D eigenvalue weighted by Gasteiger charge is 2.17. The molecule has 2 aromatic carbocycles. The minimum absolute atomic E-state index is 0.0255. The molecule has 0 saturated carbocycles. The number of carbonyl (C=O) groups excluding carboxylic acids is 2. The van der Waals surface area contributed by atoms with Crippen molar-refractivity contribution in [1.82, 2.24) is 14.9 Å². The van der Waals surface area contributed by atoms with Crippen LogP contribution in [0.15, 0.2) is 57.8 Å². The largest absolute Gasteiger partial charge is 0.504 e. The zero-order chi connectivity index (χ0) is 26.6. The summed E-state index contributed by atoms with van der Waals surface area (Å²) in [6, 6.07) is 11.1. The molecule has 10 nitrogen and oxygen atoms in total. The highest BCUT2D eigenvalue weighted by atomic mass is 32.2. The van der Waals surface area contributed by atoms with Crippen LogP contribution in [0.1, 0.15) is 28.8 Å². The van der Waals surface area contributed by atoms with Crippen LogP contribution in [0, 0.1) is 0 Å². The average molecular weight is 554 g/mol. The van der Waals surface area contributed by atoms with Crippen molar-refractivity contribution in [3.8, 4) is 23.0 Å². The van der Waals surface area contributed by atoms with Crippen LogP contribution in [0.25, 0.3) is 10.2 Å². The van der Waals surface area contributed by atoms with E-state index in [9.17, 15) is 24.6 Å². The van der Waals surface area contributed by atoms with E-state index >= 15 is 0 Å². The molecule has 0 saturated heterocycles. The summed E-state index contributed by atoms with van der Waals surface area (Å²) in [5.74, 6) is 0.163. The number of benzene rings is 2. The van der Waals surface area contributed by atoms with Crippen LogP contribution in [0.4, 0.5) is 0 Å². The number of hydrogen-bond acceptors (Lipinski definition) is 10. The summed E-state index contributed by atoms with van der Waals surface area (Å²) in [6.07, 6.45) is 0.605. The third-order valence-corrected chi connectivity index (χ3v) is 7.74. The first-order chi connectivity index (χ1) is 18.4. The van der Waals surface area contributed by atoms with Crippen molar-refractivity contribution >= 4 is 45.0 Å². The summed E-state index contributed by atoms with van der Waals surface area (Å²) in [5, 5.41) is 24.2. The minimum atomic E-state index is -0.382. The van der Waals surface area contributed by atoms with E-state index in [1.807, 2.05) is 12.1 Å². The first kappa shape index (κ1) is 25.6. The molecule has 196 valence electrons. The maximum absolute atomic E-state index is 13.1. The molecule has 38 heavy (non-hydrogen) atoms. The average Bonchev–Trinajstić information content (AvgIpc) is 3.58. The second kappa shape index (κ2) is 11.2. The second-order valence-electron chi connectivity index (χ2n) is 8.47. The second-order valence-corrected chi connectivity index (χ2v) is 10.3. The van der Waals surface area contributed by atoms with Gasteiger partial charge in [-0.3, -0.25) is 19.0 Å². The number of fused-ring (bicyclic) bond motifs is 2. The number of hydrogen-bond donors (Lipinski definition) is 3. The van der Waals surface area contributed by atoms with E-state index in [4.69, 9.17) is 9.47 Å². The molecular weight excluding hydrogens is 530 g/mol. The molecule has 0 fully saturated rings. The van der Waals surface area contributed by atoms with E-state index in [0.29, 0.717) is 39.8 Å². The number of ketones is 1. The molecule has 5 rings (SSSR count). The number of aromatic nitrogens is 2. The van der Waals surface area contributed by atoms with E-state index in [1.165, 1.54) is 34.1 Å². The number of aromatic hydroxyl groups is 2. The molecular formula is C26H23N3O7S2. The van der Waals surface area contributed by atoms with E-state index in [2.05, 4.69) is 10.3 Å². The van der Waals surface area contributed by atoms with Gasteiger partial charge >= 0.3 is 0 Å². The number of ether oxygens (including phenoxy) is 2. The van der Waals surface area contributed by atoms with Gasteiger partial charge in [-0.1, -0.05) is 17.8 Å².